The normalized spacial score (nSPS) is 15.6. The number of likely N-dealkylation sites (tertiary alicyclic amines) is 1. The van der Waals surface area contributed by atoms with Crippen molar-refractivity contribution in [3.05, 3.63) is 63.4 Å². The van der Waals surface area contributed by atoms with Crippen molar-refractivity contribution in [2.75, 3.05) is 19.6 Å². The molecule has 0 radical (unpaired) electrons. The fraction of sp³-hybridized carbons (Fsp3) is 0.435. The van der Waals surface area contributed by atoms with Crippen molar-refractivity contribution in [3.63, 3.8) is 0 Å². The van der Waals surface area contributed by atoms with Crippen LogP contribution in [-0.4, -0.2) is 40.0 Å². The number of nitrogens with zero attached hydrogens (tertiary/aromatic N) is 3. The number of benzene rings is 1. The van der Waals surface area contributed by atoms with Crippen LogP contribution in [0.4, 0.5) is 0 Å². The lowest BCUT2D eigenvalue weighted by Gasteiger charge is -2.32. The van der Waals surface area contributed by atoms with Gasteiger partial charge in [0.15, 0.2) is 0 Å². The summed E-state index contributed by atoms with van der Waals surface area (Å²) in [5.74, 6) is 0.590. The second-order valence-electron chi connectivity index (χ2n) is 8.29. The van der Waals surface area contributed by atoms with Gasteiger partial charge in [-0.2, -0.15) is 0 Å². The van der Waals surface area contributed by atoms with E-state index in [4.69, 9.17) is 4.42 Å². The third-order valence-corrected chi connectivity index (χ3v) is 5.96. The lowest BCUT2D eigenvalue weighted by molar-refractivity contribution is 0.0935. The Balaban J connectivity index is 1.34. The number of carbonyl (C=O) groups is 1. The first-order valence-corrected chi connectivity index (χ1v) is 10.4. The molecule has 30 heavy (non-hydrogen) atoms. The minimum Gasteiger partial charge on any atom is -0.442 e. The van der Waals surface area contributed by atoms with Gasteiger partial charge >= 0.3 is 0 Å². The summed E-state index contributed by atoms with van der Waals surface area (Å²) in [6.07, 6.45) is 3.49. The molecule has 158 valence electrons. The van der Waals surface area contributed by atoms with Gasteiger partial charge in [-0.25, -0.2) is 4.98 Å². The first-order chi connectivity index (χ1) is 14.4. The summed E-state index contributed by atoms with van der Waals surface area (Å²) >= 11 is 0. The fourth-order valence-corrected chi connectivity index (χ4v) is 4.09. The Bertz CT molecular complexity index is 1110. The van der Waals surface area contributed by atoms with Crippen LogP contribution in [0, 0.1) is 19.8 Å². The van der Waals surface area contributed by atoms with Crippen LogP contribution in [0.2, 0.25) is 0 Å². The molecule has 0 spiro atoms. The molecule has 3 aromatic rings. The number of furan rings is 1. The highest BCUT2D eigenvalue weighted by Crippen LogP contribution is 2.22. The van der Waals surface area contributed by atoms with E-state index in [2.05, 4.69) is 46.4 Å². The summed E-state index contributed by atoms with van der Waals surface area (Å²) in [5.41, 5.74) is 2.86. The van der Waals surface area contributed by atoms with E-state index in [-0.39, 0.29) is 22.6 Å². The van der Waals surface area contributed by atoms with Crippen molar-refractivity contribution in [1.82, 2.24) is 19.8 Å². The zero-order valence-electron chi connectivity index (χ0n) is 17.8. The number of rotatable bonds is 5. The van der Waals surface area contributed by atoms with Crippen LogP contribution < -0.4 is 10.9 Å². The molecular formula is C23H28N4O3. The summed E-state index contributed by atoms with van der Waals surface area (Å²) in [7, 11) is 1.61. The van der Waals surface area contributed by atoms with E-state index in [0.717, 1.165) is 32.5 Å². The quantitative estimate of drug-likeness (QED) is 0.702. The summed E-state index contributed by atoms with van der Waals surface area (Å²) in [5, 5.41) is 3.26. The number of nitrogens with one attached hydrogen (secondary N) is 1. The average Bonchev–Trinajstić information content (AvgIpc) is 3.08. The van der Waals surface area contributed by atoms with Crippen LogP contribution in [0.5, 0.6) is 0 Å². The van der Waals surface area contributed by atoms with Crippen molar-refractivity contribution >= 4 is 17.0 Å². The van der Waals surface area contributed by atoms with Gasteiger partial charge in [-0.3, -0.25) is 14.5 Å². The van der Waals surface area contributed by atoms with E-state index in [1.165, 1.54) is 22.0 Å². The van der Waals surface area contributed by atoms with E-state index < -0.39 is 0 Å². The van der Waals surface area contributed by atoms with Crippen molar-refractivity contribution in [2.45, 2.75) is 33.2 Å². The first kappa shape index (κ1) is 20.3. The molecule has 1 aliphatic heterocycles. The average molecular weight is 409 g/mol. The highest BCUT2D eigenvalue weighted by Gasteiger charge is 2.24. The highest BCUT2D eigenvalue weighted by molar-refractivity contribution is 6.06. The van der Waals surface area contributed by atoms with E-state index in [1.54, 1.807) is 14.0 Å². The molecular weight excluding hydrogens is 380 g/mol. The predicted molar refractivity (Wildman–Crippen MR) is 116 cm³/mol. The summed E-state index contributed by atoms with van der Waals surface area (Å²) in [6, 6.07) is 8.70. The number of fused-ring (bicyclic) bond motifs is 1. The maximum atomic E-state index is 12.8. The molecule has 1 aliphatic rings. The highest BCUT2D eigenvalue weighted by atomic mass is 16.3. The van der Waals surface area contributed by atoms with Gasteiger partial charge in [0, 0.05) is 20.1 Å². The van der Waals surface area contributed by atoms with Crippen molar-refractivity contribution < 1.29 is 9.21 Å². The largest absolute Gasteiger partial charge is 0.442 e. The number of aryl methyl sites for hydroxylation is 3. The van der Waals surface area contributed by atoms with Gasteiger partial charge in [0.1, 0.15) is 17.5 Å². The number of hydrogen-bond donors (Lipinski definition) is 1. The molecule has 1 saturated heterocycles. The summed E-state index contributed by atoms with van der Waals surface area (Å²) in [6.45, 7) is 7.41. The topological polar surface area (TPSA) is 80.4 Å². The Kier molecular flexibility index (Phi) is 5.72. The van der Waals surface area contributed by atoms with Crippen molar-refractivity contribution in [1.29, 1.82) is 0 Å². The van der Waals surface area contributed by atoms with Crippen LogP contribution in [0.15, 0.2) is 39.8 Å². The Morgan fingerprint density at radius 1 is 1.20 bits per heavy atom. The smallest absolute Gasteiger partial charge is 0.265 e. The zero-order valence-corrected chi connectivity index (χ0v) is 17.8. The maximum Gasteiger partial charge on any atom is 0.265 e. The molecule has 1 fully saturated rings. The van der Waals surface area contributed by atoms with Crippen molar-refractivity contribution in [2.24, 2.45) is 13.0 Å². The zero-order chi connectivity index (χ0) is 21.3. The number of hydrogen-bond acceptors (Lipinski definition) is 5. The van der Waals surface area contributed by atoms with E-state index in [1.807, 2.05) is 0 Å². The third kappa shape index (κ3) is 4.16. The van der Waals surface area contributed by atoms with Crippen molar-refractivity contribution in [3.8, 4) is 0 Å². The van der Waals surface area contributed by atoms with Crippen LogP contribution in [0.3, 0.4) is 0 Å². The number of carbonyl (C=O) groups excluding carboxylic acids is 1. The molecule has 0 aliphatic carbocycles. The van der Waals surface area contributed by atoms with E-state index in [0.29, 0.717) is 23.8 Å². The summed E-state index contributed by atoms with van der Waals surface area (Å²) < 4.78 is 6.89. The van der Waals surface area contributed by atoms with Gasteiger partial charge in [-0.15, -0.1) is 0 Å². The lowest BCUT2D eigenvalue weighted by Crippen LogP contribution is -2.38. The first-order valence-electron chi connectivity index (χ1n) is 10.4. The van der Waals surface area contributed by atoms with Gasteiger partial charge in [-0.05, 0) is 51.3 Å². The fourth-order valence-electron chi connectivity index (χ4n) is 4.09. The van der Waals surface area contributed by atoms with Crippen LogP contribution >= 0.6 is 0 Å². The molecule has 0 bridgehead atoms. The minimum atomic E-state index is -0.272. The number of amides is 1. The van der Waals surface area contributed by atoms with Gasteiger partial charge in [0.25, 0.3) is 11.5 Å². The number of aromatic nitrogens is 2. The molecule has 7 nitrogen and oxygen atoms in total. The standard InChI is InChI=1S/C23H28N4O3/c1-15-4-6-18(7-5-15)13-27-10-8-17(9-11-27)12-24-21(28)19-16(2)30-22-20(19)23(29)26(3)14-25-22/h4-7,14,17H,8-13H2,1-3H3,(H,24,28). The second kappa shape index (κ2) is 8.44. The predicted octanol–water partition coefficient (Wildman–Crippen LogP) is 2.79. The van der Waals surface area contributed by atoms with E-state index in [9.17, 15) is 9.59 Å². The van der Waals surface area contributed by atoms with Gasteiger partial charge in [0.2, 0.25) is 5.71 Å². The molecule has 0 saturated carbocycles. The molecule has 0 atom stereocenters. The molecule has 1 N–H and O–H groups in total. The molecule has 7 heteroatoms. The molecule has 4 rings (SSSR count). The molecule has 1 aromatic carbocycles. The van der Waals surface area contributed by atoms with Gasteiger partial charge < -0.3 is 14.3 Å². The van der Waals surface area contributed by atoms with Crippen LogP contribution in [0.25, 0.3) is 11.1 Å². The SMILES string of the molecule is Cc1ccc(CN2CCC(CNC(=O)c3c(C)oc4ncn(C)c(=O)c34)CC2)cc1. The van der Waals surface area contributed by atoms with E-state index >= 15 is 0 Å². The second-order valence-corrected chi connectivity index (χ2v) is 8.29. The molecule has 3 heterocycles. The lowest BCUT2D eigenvalue weighted by atomic mass is 9.96. The maximum absolute atomic E-state index is 12.8. The monoisotopic (exact) mass is 408 g/mol. The Morgan fingerprint density at radius 2 is 1.90 bits per heavy atom. The van der Waals surface area contributed by atoms with Crippen LogP contribution in [0.1, 0.15) is 40.1 Å². The Morgan fingerprint density at radius 3 is 2.60 bits per heavy atom. The molecule has 2 aromatic heterocycles. The minimum absolute atomic E-state index is 0.213. The van der Waals surface area contributed by atoms with Crippen LogP contribution in [-0.2, 0) is 13.6 Å². The number of piperidine rings is 1. The Hall–Kier alpha value is -2.93. The van der Waals surface area contributed by atoms with Gasteiger partial charge in [0.05, 0.1) is 5.56 Å². The summed E-state index contributed by atoms with van der Waals surface area (Å²) in [4.78, 5) is 31.9. The third-order valence-electron chi connectivity index (χ3n) is 5.96. The molecule has 0 unspecified atom stereocenters. The molecule has 1 amide bonds. The van der Waals surface area contributed by atoms with Gasteiger partial charge in [-0.1, -0.05) is 29.8 Å². The Labute approximate surface area is 175 Å².